The van der Waals surface area contributed by atoms with Gasteiger partial charge in [-0.15, -0.1) is 0 Å². The summed E-state index contributed by atoms with van der Waals surface area (Å²) >= 11 is 0. The average Bonchev–Trinajstić information content (AvgIpc) is 3.60. The molecule has 6 aromatic carbocycles. The lowest BCUT2D eigenvalue weighted by atomic mass is 9.51. The Hall–Kier alpha value is -5.16. The summed E-state index contributed by atoms with van der Waals surface area (Å²) in [6.07, 6.45) is 0. The first kappa shape index (κ1) is 28.6. The van der Waals surface area contributed by atoms with Gasteiger partial charge < -0.3 is 19.7 Å². The van der Waals surface area contributed by atoms with E-state index in [0.29, 0.717) is 24.3 Å². The van der Waals surface area contributed by atoms with Crippen LogP contribution in [0.5, 0.6) is 11.5 Å². The van der Waals surface area contributed by atoms with Crippen LogP contribution in [0.25, 0.3) is 0 Å². The third-order valence-electron chi connectivity index (χ3n) is 9.12. The van der Waals surface area contributed by atoms with Gasteiger partial charge in [-0.25, -0.2) is 0 Å². The number of aromatic hydroxyl groups is 2. The van der Waals surface area contributed by atoms with Gasteiger partial charge in [0.1, 0.15) is 22.3 Å². The Balaban J connectivity index is 1.79. The number of phenolic OH excluding ortho intramolecular Hbond substituents is 2. The molecule has 0 unspecified atom stereocenters. The first-order valence-electron chi connectivity index (χ1n) is 15.2. The van der Waals surface area contributed by atoms with E-state index in [2.05, 4.69) is 48.5 Å². The Morgan fingerprint density at radius 3 is 0.933 bits per heavy atom. The molecule has 1 aliphatic rings. The fraction of sp³-hybridized carbons (Fsp3) is 0.122. The van der Waals surface area contributed by atoms with Gasteiger partial charge in [0.2, 0.25) is 5.79 Å². The van der Waals surface area contributed by atoms with E-state index in [1.807, 2.05) is 109 Å². The molecule has 1 saturated heterocycles. The molecule has 2 N–H and O–H groups in total. The fourth-order valence-electron chi connectivity index (χ4n) is 7.53. The summed E-state index contributed by atoms with van der Waals surface area (Å²) in [5.74, 6) is -1.38. The second-order valence-corrected chi connectivity index (χ2v) is 11.3. The number of hydrogen-bond acceptors (Lipinski definition) is 4. The molecule has 1 heterocycles. The van der Waals surface area contributed by atoms with E-state index in [1.165, 1.54) is 0 Å². The van der Waals surface area contributed by atoms with Crippen molar-refractivity contribution in [3.8, 4) is 11.5 Å². The number of benzene rings is 6. The minimum atomic E-state index is -1.59. The monoisotopic (exact) mass is 590 g/mol. The van der Waals surface area contributed by atoms with Crippen LogP contribution < -0.4 is 0 Å². The van der Waals surface area contributed by atoms with Gasteiger partial charge in [-0.05, 0) is 34.4 Å². The maximum atomic E-state index is 11.9. The first-order chi connectivity index (χ1) is 22.2. The van der Waals surface area contributed by atoms with Crippen LogP contribution in [0.4, 0.5) is 0 Å². The second-order valence-electron chi connectivity index (χ2n) is 11.3. The van der Waals surface area contributed by atoms with E-state index >= 15 is 0 Å². The highest BCUT2D eigenvalue weighted by Gasteiger charge is 2.71. The van der Waals surface area contributed by atoms with Crippen molar-refractivity contribution >= 4 is 0 Å². The van der Waals surface area contributed by atoms with Crippen LogP contribution in [-0.2, 0) is 20.3 Å². The quantitative estimate of drug-likeness (QED) is 0.176. The summed E-state index contributed by atoms with van der Waals surface area (Å²) in [6.45, 7) is 0.591. The molecule has 1 fully saturated rings. The van der Waals surface area contributed by atoms with Gasteiger partial charge >= 0.3 is 0 Å². The predicted octanol–water partition coefficient (Wildman–Crippen LogP) is 8.21. The molecule has 0 atom stereocenters. The van der Waals surface area contributed by atoms with Crippen molar-refractivity contribution in [2.24, 2.45) is 0 Å². The molecule has 0 aromatic heterocycles. The van der Waals surface area contributed by atoms with Crippen LogP contribution in [0.15, 0.2) is 170 Å². The van der Waals surface area contributed by atoms with Gasteiger partial charge in [0.05, 0.1) is 13.2 Å². The van der Waals surface area contributed by atoms with Crippen molar-refractivity contribution in [1.82, 2.24) is 0 Å². The van der Waals surface area contributed by atoms with Gasteiger partial charge in [0.15, 0.2) is 0 Å². The highest BCUT2D eigenvalue weighted by Crippen LogP contribution is 2.64. The minimum absolute atomic E-state index is 0.107. The average molecular weight is 591 g/mol. The Bertz CT molecular complexity index is 1650. The number of hydrogen-bond donors (Lipinski definition) is 2. The smallest absolute Gasteiger partial charge is 0.204 e. The van der Waals surface area contributed by atoms with Crippen molar-refractivity contribution in [2.45, 2.75) is 16.6 Å². The minimum Gasteiger partial charge on any atom is -0.508 e. The molecule has 0 radical (unpaired) electrons. The van der Waals surface area contributed by atoms with Gasteiger partial charge in [0, 0.05) is 11.1 Å². The van der Waals surface area contributed by atoms with E-state index in [0.717, 1.165) is 22.3 Å². The van der Waals surface area contributed by atoms with Crippen LogP contribution in [-0.4, -0.2) is 29.2 Å². The van der Waals surface area contributed by atoms with Crippen molar-refractivity contribution in [3.63, 3.8) is 0 Å². The van der Waals surface area contributed by atoms with Crippen LogP contribution >= 0.6 is 0 Å². The molecule has 1 aliphatic heterocycles. The van der Waals surface area contributed by atoms with Crippen molar-refractivity contribution in [3.05, 3.63) is 203 Å². The van der Waals surface area contributed by atoms with Gasteiger partial charge in [0.25, 0.3) is 0 Å². The fourth-order valence-corrected chi connectivity index (χ4v) is 7.53. The molecule has 4 nitrogen and oxygen atoms in total. The molecule has 0 saturated carbocycles. The van der Waals surface area contributed by atoms with E-state index < -0.39 is 16.6 Å². The lowest BCUT2D eigenvalue weighted by Crippen LogP contribution is -2.67. The first-order valence-corrected chi connectivity index (χ1v) is 15.2. The third-order valence-corrected chi connectivity index (χ3v) is 9.12. The summed E-state index contributed by atoms with van der Waals surface area (Å²) in [5.41, 5.74) is 2.17. The Kier molecular flexibility index (Phi) is 7.46. The second kappa shape index (κ2) is 11.7. The van der Waals surface area contributed by atoms with Crippen molar-refractivity contribution < 1.29 is 19.7 Å². The molecule has 45 heavy (non-hydrogen) atoms. The van der Waals surface area contributed by atoms with Gasteiger partial charge in [-0.3, -0.25) is 0 Å². The Labute approximate surface area is 263 Å². The molecule has 7 rings (SSSR count). The van der Waals surface area contributed by atoms with Crippen molar-refractivity contribution in [2.75, 3.05) is 13.2 Å². The van der Waals surface area contributed by atoms with Gasteiger partial charge in [-0.2, -0.15) is 0 Å². The van der Waals surface area contributed by atoms with E-state index in [9.17, 15) is 10.2 Å². The molecule has 0 bridgehead atoms. The zero-order valence-corrected chi connectivity index (χ0v) is 24.8. The maximum Gasteiger partial charge on any atom is 0.204 e. The number of para-hydroxylation sites is 2. The molecule has 0 aliphatic carbocycles. The Morgan fingerprint density at radius 2 is 0.644 bits per heavy atom. The molecular weight excluding hydrogens is 556 g/mol. The summed E-state index contributed by atoms with van der Waals surface area (Å²) in [6, 6.07) is 55.3. The van der Waals surface area contributed by atoms with Crippen LogP contribution in [0.1, 0.15) is 33.4 Å². The maximum absolute atomic E-state index is 11.9. The zero-order valence-electron chi connectivity index (χ0n) is 24.8. The van der Waals surface area contributed by atoms with Crippen LogP contribution in [0.3, 0.4) is 0 Å². The molecule has 222 valence electrons. The molecule has 4 heteroatoms. The SMILES string of the molecule is Oc1ccccc1C(c1ccccc1)(c1ccccc1)C1(C(c2ccccc2)(c2ccccc2)c2ccccc2O)OCCO1. The summed E-state index contributed by atoms with van der Waals surface area (Å²) in [7, 11) is 0. The summed E-state index contributed by atoms with van der Waals surface area (Å²) in [4.78, 5) is 0. The summed E-state index contributed by atoms with van der Waals surface area (Å²) in [5, 5.41) is 23.8. The van der Waals surface area contributed by atoms with Crippen LogP contribution in [0, 0.1) is 0 Å². The molecule has 6 aromatic rings. The summed E-state index contributed by atoms with van der Waals surface area (Å²) < 4.78 is 14.5. The van der Waals surface area contributed by atoms with Gasteiger partial charge in [-0.1, -0.05) is 158 Å². The topological polar surface area (TPSA) is 58.9 Å². The van der Waals surface area contributed by atoms with E-state index in [-0.39, 0.29) is 11.5 Å². The molecular formula is C41H34O4. The highest BCUT2D eigenvalue weighted by molar-refractivity contribution is 5.66. The standard InChI is InChI=1S/C41H34O4/c42-37-27-15-13-25-35(37)39(31-17-5-1-6-18-31,32-19-7-2-8-20-32)41(44-29-30-45-41)40(33-21-9-3-10-22-33,34-23-11-4-12-24-34)36-26-14-16-28-38(36)43/h1-28,42-43H,29-30H2. The third kappa shape index (κ3) is 4.21. The van der Waals surface area contributed by atoms with E-state index in [1.54, 1.807) is 12.1 Å². The highest BCUT2D eigenvalue weighted by atomic mass is 16.7. The largest absolute Gasteiger partial charge is 0.508 e. The molecule has 0 amide bonds. The predicted molar refractivity (Wildman–Crippen MR) is 176 cm³/mol. The Morgan fingerprint density at radius 1 is 0.378 bits per heavy atom. The lowest BCUT2D eigenvalue weighted by Gasteiger charge is -2.58. The van der Waals surface area contributed by atoms with Crippen LogP contribution in [0.2, 0.25) is 0 Å². The zero-order chi connectivity index (χ0) is 30.7. The number of phenols is 2. The lowest BCUT2D eigenvalue weighted by molar-refractivity contribution is -0.220. The number of rotatable bonds is 8. The van der Waals surface area contributed by atoms with E-state index in [4.69, 9.17) is 9.47 Å². The molecule has 0 spiro atoms. The number of ether oxygens (including phenoxy) is 2. The normalized spacial score (nSPS) is 14.7. The van der Waals surface area contributed by atoms with Crippen molar-refractivity contribution in [1.29, 1.82) is 0 Å².